The SMILES string of the molecule is O=C(Nc1ccc2c(c1)CCN2C(=O)c1ccccc1)c1ccc(=O)[nH]c1. The van der Waals surface area contributed by atoms with Gasteiger partial charge in [0.1, 0.15) is 0 Å². The van der Waals surface area contributed by atoms with Gasteiger partial charge in [-0.2, -0.15) is 0 Å². The van der Waals surface area contributed by atoms with Crippen LogP contribution in [0.1, 0.15) is 26.3 Å². The molecule has 0 spiro atoms. The molecule has 6 heteroatoms. The number of nitrogens with zero attached hydrogens (tertiary/aromatic N) is 1. The maximum absolute atomic E-state index is 12.7. The summed E-state index contributed by atoms with van der Waals surface area (Å²) in [6.45, 7) is 0.611. The molecular weight excluding hydrogens is 342 g/mol. The van der Waals surface area contributed by atoms with Crippen LogP contribution in [-0.4, -0.2) is 23.3 Å². The Morgan fingerprint density at radius 3 is 2.52 bits per heavy atom. The van der Waals surface area contributed by atoms with Gasteiger partial charge in [0, 0.05) is 35.7 Å². The smallest absolute Gasteiger partial charge is 0.258 e. The van der Waals surface area contributed by atoms with Crippen LogP contribution in [0.5, 0.6) is 0 Å². The Labute approximate surface area is 155 Å². The van der Waals surface area contributed by atoms with Crippen molar-refractivity contribution in [1.29, 1.82) is 0 Å². The molecule has 27 heavy (non-hydrogen) atoms. The zero-order chi connectivity index (χ0) is 18.8. The summed E-state index contributed by atoms with van der Waals surface area (Å²) < 4.78 is 0. The quantitative estimate of drug-likeness (QED) is 0.754. The van der Waals surface area contributed by atoms with Crippen molar-refractivity contribution in [2.24, 2.45) is 0 Å². The number of hydrogen-bond acceptors (Lipinski definition) is 3. The summed E-state index contributed by atoms with van der Waals surface area (Å²) in [5.41, 5.74) is 3.30. The van der Waals surface area contributed by atoms with Crippen LogP contribution in [0.25, 0.3) is 0 Å². The van der Waals surface area contributed by atoms with Crippen molar-refractivity contribution in [3.05, 3.63) is 93.9 Å². The van der Waals surface area contributed by atoms with Crippen LogP contribution in [0.2, 0.25) is 0 Å². The van der Waals surface area contributed by atoms with Gasteiger partial charge in [0.2, 0.25) is 5.56 Å². The number of anilines is 2. The van der Waals surface area contributed by atoms with Gasteiger partial charge >= 0.3 is 0 Å². The summed E-state index contributed by atoms with van der Waals surface area (Å²) in [6.07, 6.45) is 2.11. The molecule has 2 amide bonds. The van der Waals surface area contributed by atoms with Crippen LogP contribution in [0.3, 0.4) is 0 Å². The molecule has 1 aromatic heterocycles. The zero-order valence-corrected chi connectivity index (χ0v) is 14.4. The first-order valence-corrected chi connectivity index (χ1v) is 8.62. The third kappa shape index (κ3) is 3.37. The van der Waals surface area contributed by atoms with E-state index in [2.05, 4.69) is 10.3 Å². The fourth-order valence-electron chi connectivity index (χ4n) is 3.18. The normalized spacial score (nSPS) is 12.5. The number of nitrogens with one attached hydrogen (secondary N) is 2. The van der Waals surface area contributed by atoms with Crippen LogP contribution in [0.4, 0.5) is 11.4 Å². The van der Waals surface area contributed by atoms with E-state index in [0.29, 0.717) is 23.4 Å². The van der Waals surface area contributed by atoms with Gasteiger partial charge in [-0.15, -0.1) is 0 Å². The van der Waals surface area contributed by atoms with E-state index in [-0.39, 0.29) is 17.4 Å². The standard InChI is InChI=1S/C21H17N3O3/c25-19-9-6-16(13-22-19)20(26)23-17-7-8-18-15(12-17)10-11-24(18)21(27)14-4-2-1-3-5-14/h1-9,12-13H,10-11H2,(H,22,25)(H,23,26). The number of carbonyl (C=O) groups is 2. The Balaban J connectivity index is 1.53. The predicted octanol–water partition coefficient (Wildman–Crippen LogP) is 2.83. The first-order chi connectivity index (χ1) is 13.1. The summed E-state index contributed by atoms with van der Waals surface area (Å²) in [4.78, 5) is 40.3. The highest BCUT2D eigenvalue weighted by Crippen LogP contribution is 2.31. The third-order valence-electron chi connectivity index (χ3n) is 4.55. The topological polar surface area (TPSA) is 82.3 Å². The van der Waals surface area contributed by atoms with Gasteiger partial charge in [-0.25, -0.2) is 0 Å². The molecule has 1 aliphatic heterocycles. The molecule has 0 saturated heterocycles. The minimum absolute atomic E-state index is 0.0284. The summed E-state index contributed by atoms with van der Waals surface area (Å²) in [6, 6.07) is 17.5. The molecule has 2 heterocycles. The second-order valence-corrected chi connectivity index (χ2v) is 6.31. The first-order valence-electron chi connectivity index (χ1n) is 8.62. The first kappa shape index (κ1) is 16.8. The Bertz CT molecular complexity index is 1050. The molecule has 0 unspecified atom stereocenters. The van der Waals surface area contributed by atoms with Crippen LogP contribution in [-0.2, 0) is 6.42 Å². The van der Waals surface area contributed by atoms with E-state index < -0.39 is 0 Å². The molecule has 2 aromatic carbocycles. The lowest BCUT2D eigenvalue weighted by atomic mass is 10.1. The average Bonchev–Trinajstić information content (AvgIpc) is 3.11. The number of fused-ring (bicyclic) bond motifs is 1. The maximum Gasteiger partial charge on any atom is 0.258 e. The largest absolute Gasteiger partial charge is 0.328 e. The van der Waals surface area contributed by atoms with E-state index in [4.69, 9.17) is 0 Å². The number of carbonyl (C=O) groups excluding carboxylic acids is 2. The van der Waals surface area contributed by atoms with E-state index in [1.165, 1.54) is 18.3 Å². The molecule has 2 N–H and O–H groups in total. The van der Waals surface area contributed by atoms with Crippen molar-refractivity contribution in [3.8, 4) is 0 Å². The summed E-state index contributed by atoms with van der Waals surface area (Å²) in [5, 5.41) is 2.82. The van der Waals surface area contributed by atoms with Gasteiger partial charge in [-0.3, -0.25) is 14.4 Å². The molecular formula is C21H17N3O3. The van der Waals surface area contributed by atoms with Crippen LogP contribution >= 0.6 is 0 Å². The molecule has 134 valence electrons. The van der Waals surface area contributed by atoms with Crippen molar-refractivity contribution < 1.29 is 9.59 Å². The lowest BCUT2D eigenvalue weighted by molar-refractivity contribution is 0.0987. The minimum Gasteiger partial charge on any atom is -0.328 e. The molecule has 0 atom stereocenters. The van der Waals surface area contributed by atoms with Gasteiger partial charge < -0.3 is 15.2 Å². The highest BCUT2D eigenvalue weighted by atomic mass is 16.2. The second kappa shape index (κ2) is 6.92. The van der Waals surface area contributed by atoms with Gasteiger partial charge in [0.25, 0.3) is 11.8 Å². The lowest BCUT2D eigenvalue weighted by Gasteiger charge is -2.17. The molecule has 4 rings (SSSR count). The number of amides is 2. The number of benzene rings is 2. The highest BCUT2D eigenvalue weighted by molar-refractivity contribution is 6.08. The average molecular weight is 359 g/mol. The van der Waals surface area contributed by atoms with Crippen LogP contribution in [0.15, 0.2) is 71.7 Å². The number of hydrogen-bond donors (Lipinski definition) is 2. The van der Waals surface area contributed by atoms with Crippen molar-refractivity contribution in [2.45, 2.75) is 6.42 Å². The van der Waals surface area contributed by atoms with Gasteiger partial charge in [0.15, 0.2) is 0 Å². The molecule has 0 bridgehead atoms. The van der Waals surface area contributed by atoms with Gasteiger partial charge in [-0.05, 0) is 48.4 Å². The van der Waals surface area contributed by atoms with Crippen molar-refractivity contribution >= 4 is 23.2 Å². The lowest BCUT2D eigenvalue weighted by Crippen LogP contribution is -2.28. The number of H-pyrrole nitrogens is 1. The number of rotatable bonds is 3. The van der Waals surface area contributed by atoms with E-state index in [9.17, 15) is 14.4 Å². The van der Waals surface area contributed by atoms with Crippen molar-refractivity contribution in [2.75, 3.05) is 16.8 Å². The van der Waals surface area contributed by atoms with Crippen molar-refractivity contribution in [1.82, 2.24) is 4.98 Å². The molecule has 0 aliphatic carbocycles. The van der Waals surface area contributed by atoms with E-state index in [0.717, 1.165) is 17.7 Å². The second-order valence-electron chi connectivity index (χ2n) is 6.31. The molecule has 0 radical (unpaired) electrons. The number of aromatic amines is 1. The molecule has 3 aromatic rings. The number of aromatic nitrogens is 1. The predicted molar refractivity (Wildman–Crippen MR) is 103 cm³/mol. The van der Waals surface area contributed by atoms with Gasteiger partial charge in [-0.1, -0.05) is 18.2 Å². The zero-order valence-electron chi connectivity index (χ0n) is 14.4. The fourth-order valence-corrected chi connectivity index (χ4v) is 3.18. The molecule has 0 saturated carbocycles. The summed E-state index contributed by atoms with van der Waals surface area (Å²) in [5.74, 6) is -0.333. The molecule has 1 aliphatic rings. The number of pyridine rings is 1. The minimum atomic E-state index is -0.304. The monoisotopic (exact) mass is 359 g/mol. The molecule has 0 fully saturated rings. The maximum atomic E-state index is 12.7. The summed E-state index contributed by atoms with van der Waals surface area (Å²) in [7, 11) is 0. The van der Waals surface area contributed by atoms with E-state index >= 15 is 0 Å². The van der Waals surface area contributed by atoms with Crippen LogP contribution in [0, 0.1) is 0 Å². The Kier molecular flexibility index (Phi) is 4.30. The fraction of sp³-hybridized carbons (Fsp3) is 0.0952. The Morgan fingerprint density at radius 2 is 1.78 bits per heavy atom. The summed E-state index contributed by atoms with van der Waals surface area (Å²) >= 11 is 0. The Morgan fingerprint density at radius 1 is 0.963 bits per heavy atom. The molecule has 6 nitrogen and oxygen atoms in total. The third-order valence-corrected chi connectivity index (χ3v) is 4.55. The van der Waals surface area contributed by atoms with Crippen LogP contribution < -0.4 is 15.8 Å². The van der Waals surface area contributed by atoms with Crippen molar-refractivity contribution in [3.63, 3.8) is 0 Å². The van der Waals surface area contributed by atoms with Gasteiger partial charge in [0.05, 0.1) is 5.56 Å². The van der Waals surface area contributed by atoms with E-state index in [1.54, 1.807) is 23.1 Å². The highest BCUT2D eigenvalue weighted by Gasteiger charge is 2.25. The van der Waals surface area contributed by atoms with E-state index in [1.807, 2.05) is 30.3 Å². The Hall–Kier alpha value is -3.67.